The second-order valence-electron chi connectivity index (χ2n) is 5.62. The molecular weight excluding hydrogens is 328 g/mol. The molecule has 0 fully saturated rings. The first kappa shape index (κ1) is 19.3. The van der Waals surface area contributed by atoms with Gasteiger partial charge in [-0.15, -0.1) is 0 Å². The molecule has 0 radical (unpaired) electrons. The number of carbonyl (C=O) groups excluding carboxylic acids is 1. The van der Waals surface area contributed by atoms with Gasteiger partial charge < -0.3 is 20.7 Å². The highest BCUT2D eigenvalue weighted by Crippen LogP contribution is 2.17. The maximum Gasteiger partial charge on any atom is 0.239 e. The number of carbonyl (C=O) groups is 1. The van der Waals surface area contributed by atoms with E-state index >= 15 is 0 Å². The number of guanidine groups is 1. The molecule has 2 rings (SSSR count). The van der Waals surface area contributed by atoms with Crippen LogP contribution in [0, 0.1) is 0 Å². The molecule has 138 valence electrons. The number of rotatable bonds is 8. The van der Waals surface area contributed by atoms with E-state index in [9.17, 15) is 4.79 Å². The van der Waals surface area contributed by atoms with Crippen molar-refractivity contribution in [2.24, 2.45) is 4.99 Å². The first-order valence-corrected chi connectivity index (χ1v) is 8.67. The van der Waals surface area contributed by atoms with Crippen LogP contribution < -0.4 is 20.7 Å². The Hall–Kier alpha value is -3.02. The average molecular weight is 354 g/mol. The van der Waals surface area contributed by atoms with Crippen molar-refractivity contribution in [3.05, 3.63) is 65.7 Å². The molecule has 0 aliphatic heterocycles. The Labute approximate surface area is 154 Å². The van der Waals surface area contributed by atoms with Crippen molar-refractivity contribution in [2.45, 2.75) is 20.0 Å². The van der Waals surface area contributed by atoms with Crippen molar-refractivity contribution in [1.82, 2.24) is 16.0 Å². The predicted octanol–water partition coefficient (Wildman–Crippen LogP) is 2.07. The fourth-order valence-electron chi connectivity index (χ4n) is 2.36. The van der Waals surface area contributed by atoms with E-state index in [4.69, 9.17) is 4.74 Å². The van der Waals surface area contributed by atoms with Gasteiger partial charge in [0.1, 0.15) is 5.75 Å². The number of benzene rings is 2. The first-order chi connectivity index (χ1) is 12.7. The van der Waals surface area contributed by atoms with Crippen LogP contribution in [-0.2, 0) is 17.9 Å². The van der Waals surface area contributed by atoms with Gasteiger partial charge in [0.05, 0.1) is 20.2 Å². The van der Waals surface area contributed by atoms with Crippen LogP contribution in [-0.4, -0.2) is 32.1 Å². The van der Waals surface area contributed by atoms with Crippen LogP contribution in [0.4, 0.5) is 0 Å². The van der Waals surface area contributed by atoms with Crippen LogP contribution in [0.3, 0.4) is 0 Å². The zero-order valence-corrected chi connectivity index (χ0v) is 15.3. The van der Waals surface area contributed by atoms with E-state index in [1.807, 2.05) is 61.5 Å². The minimum absolute atomic E-state index is 0.0863. The van der Waals surface area contributed by atoms with Gasteiger partial charge in [-0.2, -0.15) is 0 Å². The summed E-state index contributed by atoms with van der Waals surface area (Å²) < 4.78 is 5.34. The smallest absolute Gasteiger partial charge is 0.239 e. The van der Waals surface area contributed by atoms with Crippen molar-refractivity contribution >= 4 is 11.9 Å². The minimum Gasteiger partial charge on any atom is -0.496 e. The number of hydrogen-bond acceptors (Lipinski definition) is 3. The van der Waals surface area contributed by atoms with Gasteiger partial charge in [0.2, 0.25) is 5.91 Å². The third kappa shape index (κ3) is 6.47. The molecule has 0 aromatic heterocycles. The van der Waals surface area contributed by atoms with Crippen LogP contribution >= 0.6 is 0 Å². The van der Waals surface area contributed by atoms with E-state index in [1.165, 1.54) is 0 Å². The number of amides is 1. The molecule has 0 aliphatic rings. The van der Waals surface area contributed by atoms with Crippen molar-refractivity contribution < 1.29 is 9.53 Å². The maximum atomic E-state index is 12.0. The van der Waals surface area contributed by atoms with Gasteiger partial charge in [-0.05, 0) is 18.6 Å². The summed E-state index contributed by atoms with van der Waals surface area (Å²) in [6.45, 7) is 3.82. The van der Waals surface area contributed by atoms with E-state index < -0.39 is 0 Å². The van der Waals surface area contributed by atoms with Crippen LogP contribution in [0.5, 0.6) is 5.75 Å². The Kier molecular flexibility index (Phi) is 7.99. The normalized spacial score (nSPS) is 10.9. The summed E-state index contributed by atoms with van der Waals surface area (Å²) in [5.41, 5.74) is 2.05. The molecule has 0 spiro atoms. The zero-order chi connectivity index (χ0) is 18.6. The molecular formula is C20H26N4O2. The minimum atomic E-state index is -0.0863. The number of aliphatic imine (C=N–C) groups is 1. The highest BCUT2D eigenvalue weighted by atomic mass is 16.5. The molecule has 0 heterocycles. The van der Waals surface area contributed by atoms with Gasteiger partial charge in [-0.25, -0.2) is 4.99 Å². The van der Waals surface area contributed by atoms with Gasteiger partial charge in [0.15, 0.2) is 5.96 Å². The quantitative estimate of drug-likeness (QED) is 0.501. The highest BCUT2D eigenvalue weighted by Gasteiger charge is 2.05. The van der Waals surface area contributed by atoms with E-state index in [1.54, 1.807) is 7.11 Å². The topological polar surface area (TPSA) is 74.8 Å². The molecule has 0 atom stereocenters. The van der Waals surface area contributed by atoms with Crippen molar-refractivity contribution in [3.63, 3.8) is 0 Å². The molecule has 2 aromatic carbocycles. The second-order valence-corrected chi connectivity index (χ2v) is 5.62. The average Bonchev–Trinajstić information content (AvgIpc) is 2.69. The van der Waals surface area contributed by atoms with Gasteiger partial charge >= 0.3 is 0 Å². The lowest BCUT2D eigenvalue weighted by Gasteiger charge is -2.12. The molecule has 0 saturated heterocycles. The van der Waals surface area contributed by atoms with Gasteiger partial charge in [0, 0.05) is 18.7 Å². The standard InChI is InChI=1S/C20H26N4O2/c1-3-21-20(23-14-17-11-7-8-12-18(17)26-2)24-15-19(25)22-13-16-9-5-4-6-10-16/h4-12H,3,13-15H2,1-2H3,(H,22,25)(H2,21,23,24). The monoisotopic (exact) mass is 354 g/mol. The molecule has 0 unspecified atom stereocenters. The largest absolute Gasteiger partial charge is 0.496 e. The Morgan fingerprint density at radius 3 is 2.46 bits per heavy atom. The third-order valence-electron chi connectivity index (χ3n) is 3.69. The molecule has 0 aliphatic carbocycles. The lowest BCUT2D eigenvalue weighted by atomic mass is 10.2. The molecule has 0 saturated carbocycles. The van der Waals surface area contributed by atoms with Crippen molar-refractivity contribution in [2.75, 3.05) is 20.2 Å². The van der Waals surface area contributed by atoms with Gasteiger partial charge in [-0.3, -0.25) is 4.79 Å². The second kappa shape index (κ2) is 10.8. The zero-order valence-electron chi connectivity index (χ0n) is 15.3. The number of nitrogens with zero attached hydrogens (tertiary/aromatic N) is 1. The van der Waals surface area contributed by atoms with E-state index in [-0.39, 0.29) is 12.5 Å². The number of methoxy groups -OCH3 is 1. The lowest BCUT2D eigenvalue weighted by Crippen LogP contribution is -2.43. The lowest BCUT2D eigenvalue weighted by molar-refractivity contribution is -0.120. The molecule has 26 heavy (non-hydrogen) atoms. The summed E-state index contributed by atoms with van der Waals surface area (Å²) in [6, 6.07) is 17.6. The first-order valence-electron chi connectivity index (χ1n) is 8.67. The number of hydrogen-bond donors (Lipinski definition) is 3. The third-order valence-corrected chi connectivity index (χ3v) is 3.69. The molecule has 3 N–H and O–H groups in total. The van der Waals surface area contributed by atoms with E-state index in [0.29, 0.717) is 25.6 Å². The molecule has 6 heteroatoms. The van der Waals surface area contributed by atoms with Crippen LogP contribution in [0.1, 0.15) is 18.1 Å². The molecule has 2 aromatic rings. The van der Waals surface area contributed by atoms with Crippen LogP contribution in [0.15, 0.2) is 59.6 Å². The van der Waals surface area contributed by atoms with E-state index in [2.05, 4.69) is 20.9 Å². The summed E-state index contributed by atoms with van der Waals surface area (Å²) in [4.78, 5) is 16.5. The predicted molar refractivity (Wildman–Crippen MR) is 104 cm³/mol. The Bertz CT molecular complexity index is 717. The number of para-hydroxylation sites is 1. The van der Waals surface area contributed by atoms with E-state index in [0.717, 1.165) is 16.9 Å². The number of ether oxygens (including phenoxy) is 1. The summed E-state index contributed by atoms with van der Waals surface area (Å²) in [5.74, 6) is 1.30. The van der Waals surface area contributed by atoms with Crippen LogP contribution in [0.2, 0.25) is 0 Å². The highest BCUT2D eigenvalue weighted by molar-refractivity contribution is 5.86. The summed E-state index contributed by atoms with van der Waals surface area (Å²) in [6.07, 6.45) is 0. The maximum absolute atomic E-state index is 12.0. The molecule has 0 bridgehead atoms. The van der Waals surface area contributed by atoms with Crippen molar-refractivity contribution in [1.29, 1.82) is 0 Å². The van der Waals surface area contributed by atoms with Gasteiger partial charge in [-0.1, -0.05) is 48.5 Å². The molecule has 6 nitrogen and oxygen atoms in total. The van der Waals surface area contributed by atoms with Gasteiger partial charge in [0.25, 0.3) is 0 Å². The fourth-order valence-corrected chi connectivity index (χ4v) is 2.36. The number of nitrogens with one attached hydrogen (secondary N) is 3. The summed E-state index contributed by atoms with van der Waals surface area (Å²) in [5, 5.41) is 9.07. The van der Waals surface area contributed by atoms with Crippen molar-refractivity contribution in [3.8, 4) is 5.75 Å². The summed E-state index contributed by atoms with van der Waals surface area (Å²) in [7, 11) is 1.64. The Balaban J connectivity index is 1.85. The summed E-state index contributed by atoms with van der Waals surface area (Å²) >= 11 is 0. The fraction of sp³-hybridized carbons (Fsp3) is 0.300. The Morgan fingerprint density at radius 2 is 1.73 bits per heavy atom. The SMILES string of the molecule is CCNC(=NCc1ccccc1OC)NCC(=O)NCc1ccccc1. The van der Waals surface area contributed by atoms with Crippen LogP contribution in [0.25, 0.3) is 0 Å². The molecule has 1 amide bonds. The Morgan fingerprint density at radius 1 is 1.00 bits per heavy atom.